The van der Waals surface area contributed by atoms with E-state index < -0.39 is 12.5 Å². The third kappa shape index (κ3) is 7.99. The van der Waals surface area contributed by atoms with Gasteiger partial charge in [-0.1, -0.05) is 6.07 Å². The van der Waals surface area contributed by atoms with Crippen LogP contribution in [-0.2, 0) is 16.1 Å². The number of likely N-dealkylation sites (N-methyl/N-ethyl adjacent to an activating group) is 1. The Labute approximate surface area is 150 Å². The molecule has 0 aliphatic carbocycles. The first-order chi connectivity index (χ1) is 11.4. The van der Waals surface area contributed by atoms with Gasteiger partial charge in [0.15, 0.2) is 11.5 Å². The first-order valence-electron chi connectivity index (χ1n) is 7.28. The lowest BCUT2D eigenvalue weighted by Gasteiger charge is -2.19. The molecule has 0 spiro atoms. The highest BCUT2D eigenvalue weighted by Crippen LogP contribution is 2.30. The Morgan fingerprint density at radius 2 is 2.00 bits per heavy atom. The molecule has 1 aromatic carbocycles. The van der Waals surface area contributed by atoms with Crippen molar-refractivity contribution in [2.75, 3.05) is 26.7 Å². The minimum absolute atomic E-state index is 0. The Bertz CT molecular complexity index is 576. The summed E-state index contributed by atoms with van der Waals surface area (Å²) in [6.07, 6.45) is 0. The number of alkyl halides is 2. The minimum Gasteiger partial charge on any atom is -0.490 e. The number of benzene rings is 1. The molecular weight excluding hydrogens is 360 g/mol. The van der Waals surface area contributed by atoms with Gasteiger partial charge in [0.05, 0.1) is 19.7 Å². The van der Waals surface area contributed by atoms with Gasteiger partial charge in [-0.3, -0.25) is 9.59 Å². The molecule has 0 aliphatic rings. The Morgan fingerprint density at radius 3 is 2.56 bits per heavy atom. The van der Waals surface area contributed by atoms with Gasteiger partial charge in [0.1, 0.15) is 0 Å². The van der Waals surface area contributed by atoms with Crippen LogP contribution in [0.3, 0.4) is 0 Å². The molecule has 7 nitrogen and oxygen atoms in total. The summed E-state index contributed by atoms with van der Waals surface area (Å²) in [4.78, 5) is 24.3. The van der Waals surface area contributed by atoms with E-state index in [1.54, 1.807) is 20.0 Å². The summed E-state index contributed by atoms with van der Waals surface area (Å²) in [6.45, 7) is -1.10. The second kappa shape index (κ2) is 11.4. The van der Waals surface area contributed by atoms with E-state index in [1.165, 1.54) is 17.0 Å². The summed E-state index contributed by atoms with van der Waals surface area (Å²) in [5, 5.41) is 2.38. The van der Waals surface area contributed by atoms with Gasteiger partial charge in [0.25, 0.3) is 0 Å². The zero-order chi connectivity index (χ0) is 18.1. The molecule has 0 saturated carbocycles. The maximum atomic E-state index is 12.4. The molecule has 0 aliphatic heterocycles. The predicted molar refractivity (Wildman–Crippen MR) is 90.0 cm³/mol. The molecular formula is C15H22ClF2N3O4. The van der Waals surface area contributed by atoms with Gasteiger partial charge in [-0.25, -0.2) is 0 Å². The summed E-state index contributed by atoms with van der Waals surface area (Å²) in [5.41, 5.74) is 5.80. The highest BCUT2D eigenvalue weighted by Gasteiger charge is 2.14. The third-order valence-electron chi connectivity index (χ3n) is 2.99. The number of rotatable bonds is 9. The molecule has 3 N–H and O–H groups in total. The smallest absolute Gasteiger partial charge is 0.387 e. The lowest BCUT2D eigenvalue weighted by atomic mass is 10.2. The van der Waals surface area contributed by atoms with Crippen molar-refractivity contribution in [1.82, 2.24) is 10.2 Å². The van der Waals surface area contributed by atoms with Gasteiger partial charge in [-0.05, 0) is 24.6 Å². The van der Waals surface area contributed by atoms with Gasteiger partial charge < -0.3 is 25.4 Å². The van der Waals surface area contributed by atoms with E-state index in [9.17, 15) is 18.4 Å². The highest BCUT2D eigenvalue weighted by atomic mass is 35.5. The fourth-order valence-corrected chi connectivity index (χ4v) is 1.86. The number of carbonyl (C=O) groups excluding carboxylic acids is 2. The maximum Gasteiger partial charge on any atom is 0.387 e. The van der Waals surface area contributed by atoms with Gasteiger partial charge in [-0.2, -0.15) is 8.78 Å². The van der Waals surface area contributed by atoms with Crippen LogP contribution in [0.4, 0.5) is 8.78 Å². The first kappa shape index (κ1) is 22.9. The van der Waals surface area contributed by atoms with Crippen LogP contribution in [0.15, 0.2) is 18.2 Å². The van der Waals surface area contributed by atoms with E-state index >= 15 is 0 Å². The topological polar surface area (TPSA) is 93.9 Å². The quantitative estimate of drug-likeness (QED) is 0.669. The Morgan fingerprint density at radius 1 is 1.32 bits per heavy atom. The number of nitrogens with zero attached hydrogens (tertiary/aromatic N) is 1. The number of ether oxygens (including phenoxy) is 2. The van der Waals surface area contributed by atoms with Crippen molar-refractivity contribution in [3.8, 4) is 11.5 Å². The molecule has 10 heteroatoms. The molecule has 0 fully saturated rings. The van der Waals surface area contributed by atoms with Crippen LogP contribution in [-0.4, -0.2) is 50.1 Å². The van der Waals surface area contributed by atoms with Crippen molar-refractivity contribution < 1.29 is 27.8 Å². The highest BCUT2D eigenvalue weighted by molar-refractivity contribution is 5.85. The van der Waals surface area contributed by atoms with E-state index in [0.29, 0.717) is 5.56 Å². The second-order valence-electron chi connectivity index (χ2n) is 4.82. The molecule has 2 amide bonds. The molecule has 0 bridgehead atoms. The Hall–Kier alpha value is -2.13. The summed E-state index contributed by atoms with van der Waals surface area (Å²) in [7, 11) is 1.56. The average Bonchev–Trinajstić information content (AvgIpc) is 2.54. The monoisotopic (exact) mass is 381 g/mol. The van der Waals surface area contributed by atoms with Gasteiger partial charge in [0, 0.05) is 13.6 Å². The summed E-state index contributed by atoms with van der Waals surface area (Å²) >= 11 is 0. The Balaban J connectivity index is 0.00000576. The molecule has 0 radical (unpaired) electrons. The van der Waals surface area contributed by atoms with Crippen molar-refractivity contribution in [2.45, 2.75) is 20.1 Å². The second-order valence-corrected chi connectivity index (χ2v) is 4.82. The number of hydrogen-bond donors (Lipinski definition) is 2. The van der Waals surface area contributed by atoms with Crippen LogP contribution in [0, 0.1) is 0 Å². The number of amides is 2. The predicted octanol–water partition coefficient (Wildman–Crippen LogP) is 1.14. The molecule has 142 valence electrons. The summed E-state index contributed by atoms with van der Waals surface area (Å²) in [6, 6.07) is 4.45. The number of carbonyl (C=O) groups is 2. The van der Waals surface area contributed by atoms with Crippen molar-refractivity contribution in [3.05, 3.63) is 23.8 Å². The lowest BCUT2D eigenvalue weighted by Crippen LogP contribution is -2.40. The largest absolute Gasteiger partial charge is 0.490 e. The van der Waals surface area contributed by atoms with E-state index in [2.05, 4.69) is 10.1 Å². The fourth-order valence-electron chi connectivity index (χ4n) is 1.86. The number of halogens is 3. The van der Waals surface area contributed by atoms with E-state index in [4.69, 9.17) is 10.5 Å². The number of nitrogens with one attached hydrogen (secondary N) is 1. The van der Waals surface area contributed by atoms with Crippen LogP contribution < -0.4 is 20.5 Å². The molecule has 0 unspecified atom stereocenters. The molecule has 0 aromatic heterocycles. The first-order valence-corrected chi connectivity index (χ1v) is 7.28. The normalized spacial score (nSPS) is 10.0. The molecule has 1 aromatic rings. The van der Waals surface area contributed by atoms with Crippen LogP contribution in [0.5, 0.6) is 11.5 Å². The van der Waals surface area contributed by atoms with Crippen molar-refractivity contribution in [1.29, 1.82) is 0 Å². The van der Waals surface area contributed by atoms with Crippen LogP contribution >= 0.6 is 12.4 Å². The zero-order valence-electron chi connectivity index (χ0n) is 14.0. The standard InChI is InChI=1S/C15H21F2N3O4.ClH/c1-3-23-12-6-10(4-5-11(12)24-15(16)17)9-20(2)14(22)8-19-13(21)7-18;/h4-6,15H,3,7-9,18H2,1-2H3,(H,19,21);1H. The fraction of sp³-hybridized carbons (Fsp3) is 0.467. The zero-order valence-corrected chi connectivity index (χ0v) is 14.8. The van der Waals surface area contributed by atoms with Crippen molar-refractivity contribution in [2.24, 2.45) is 5.73 Å². The molecule has 0 heterocycles. The van der Waals surface area contributed by atoms with Crippen LogP contribution in [0.2, 0.25) is 0 Å². The molecule has 1 rings (SSSR count). The van der Waals surface area contributed by atoms with Gasteiger partial charge in [0.2, 0.25) is 11.8 Å². The molecule has 0 saturated heterocycles. The number of hydrogen-bond acceptors (Lipinski definition) is 5. The van der Waals surface area contributed by atoms with Gasteiger partial charge >= 0.3 is 6.61 Å². The minimum atomic E-state index is -2.95. The van der Waals surface area contributed by atoms with Gasteiger partial charge in [-0.15, -0.1) is 12.4 Å². The van der Waals surface area contributed by atoms with E-state index in [0.717, 1.165) is 0 Å². The van der Waals surface area contributed by atoms with Crippen LogP contribution in [0.1, 0.15) is 12.5 Å². The Kier molecular flexibility index (Phi) is 10.5. The third-order valence-corrected chi connectivity index (χ3v) is 2.99. The molecule has 0 atom stereocenters. The maximum absolute atomic E-state index is 12.4. The summed E-state index contributed by atoms with van der Waals surface area (Å²) < 4.78 is 34.4. The van der Waals surface area contributed by atoms with Crippen molar-refractivity contribution in [3.63, 3.8) is 0 Å². The summed E-state index contributed by atoms with van der Waals surface area (Å²) in [5.74, 6) is -0.640. The SMILES string of the molecule is CCOc1cc(CN(C)C(=O)CNC(=O)CN)ccc1OC(F)F.Cl. The molecule has 25 heavy (non-hydrogen) atoms. The number of nitrogens with two attached hydrogens (primary N) is 1. The van der Waals surface area contributed by atoms with E-state index in [1.807, 2.05) is 0 Å². The van der Waals surface area contributed by atoms with E-state index in [-0.39, 0.29) is 56.1 Å². The lowest BCUT2D eigenvalue weighted by molar-refractivity contribution is -0.131. The average molecular weight is 382 g/mol. The van der Waals surface area contributed by atoms with Crippen LogP contribution in [0.25, 0.3) is 0 Å². The van der Waals surface area contributed by atoms with Crippen molar-refractivity contribution >= 4 is 24.2 Å².